The van der Waals surface area contributed by atoms with Gasteiger partial charge in [0.1, 0.15) is 11.6 Å². The van der Waals surface area contributed by atoms with Crippen LogP contribution >= 0.6 is 0 Å². The van der Waals surface area contributed by atoms with Crippen molar-refractivity contribution in [2.75, 3.05) is 13.7 Å². The Hall–Kier alpha value is -1.09. The largest absolute Gasteiger partial charge is 0.496 e. The summed E-state index contributed by atoms with van der Waals surface area (Å²) in [5, 5.41) is 3.44. The maximum atomic E-state index is 14.1. The molecule has 0 aliphatic carbocycles. The quantitative estimate of drug-likeness (QED) is 0.887. The van der Waals surface area contributed by atoms with Crippen LogP contribution in [0.3, 0.4) is 0 Å². The standard InChI is InChI=1S/C15H22FNO/c1-10(2)15-13(16)8-11(9-14(15)18-3)7-12-5-4-6-17-12/h8-10,12,17H,4-7H2,1-3H3. The number of methoxy groups -OCH3 is 1. The molecule has 1 aliphatic rings. The molecule has 1 aromatic rings. The van der Waals surface area contributed by atoms with Crippen LogP contribution in [0.4, 0.5) is 4.39 Å². The average molecular weight is 251 g/mol. The number of rotatable bonds is 4. The zero-order valence-electron chi connectivity index (χ0n) is 11.4. The minimum Gasteiger partial charge on any atom is -0.496 e. The third kappa shape index (κ3) is 2.83. The summed E-state index contributed by atoms with van der Waals surface area (Å²) in [6.07, 6.45) is 3.27. The predicted molar refractivity (Wildman–Crippen MR) is 71.8 cm³/mol. The molecule has 1 saturated heterocycles. The molecule has 2 rings (SSSR count). The van der Waals surface area contributed by atoms with Gasteiger partial charge in [-0.25, -0.2) is 4.39 Å². The number of halogens is 1. The molecule has 2 nitrogen and oxygen atoms in total. The van der Waals surface area contributed by atoms with Crippen LogP contribution in [0.5, 0.6) is 5.75 Å². The van der Waals surface area contributed by atoms with Crippen molar-refractivity contribution in [1.82, 2.24) is 5.32 Å². The van der Waals surface area contributed by atoms with Gasteiger partial charge in [0.25, 0.3) is 0 Å². The van der Waals surface area contributed by atoms with Crippen LogP contribution in [0.2, 0.25) is 0 Å². The molecule has 100 valence electrons. The van der Waals surface area contributed by atoms with Gasteiger partial charge in [0, 0.05) is 11.6 Å². The van der Waals surface area contributed by atoms with Crippen LogP contribution in [0, 0.1) is 5.82 Å². The second-order valence-electron chi connectivity index (χ2n) is 5.35. The van der Waals surface area contributed by atoms with E-state index in [4.69, 9.17) is 4.74 Å². The van der Waals surface area contributed by atoms with Gasteiger partial charge in [-0.1, -0.05) is 13.8 Å². The van der Waals surface area contributed by atoms with Gasteiger partial charge in [-0.15, -0.1) is 0 Å². The van der Waals surface area contributed by atoms with Gasteiger partial charge in [-0.3, -0.25) is 0 Å². The Labute approximate surface area is 109 Å². The summed E-state index contributed by atoms with van der Waals surface area (Å²) in [5.41, 5.74) is 1.70. The van der Waals surface area contributed by atoms with E-state index in [1.807, 2.05) is 19.9 Å². The van der Waals surface area contributed by atoms with E-state index in [1.54, 1.807) is 13.2 Å². The van der Waals surface area contributed by atoms with Gasteiger partial charge < -0.3 is 10.1 Å². The van der Waals surface area contributed by atoms with E-state index < -0.39 is 0 Å². The fourth-order valence-corrected chi connectivity index (χ4v) is 2.71. The molecule has 0 radical (unpaired) electrons. The molecule has 0 amide bonds. The summed E-state index contributed by atoms with van der Waals surface area (Å²) in [7, 11) is 1.61. The molecule has 1 unspecified atom stereocenters. The van der Waals surface area contributed by atoms with Gasteiger partial charge >= 0.3 is 0 Å². The number of hydrogen-bond donors (Lipinski definition) is 1. The molecule has 0 saturated carbocycles. The Kier molecular flexibility index (Phi) is 4.23. The van der Waals surface area contributed by atoms with Crippen molar-refractivity contribution >= 4 is 0 Å². The molecular formula is C15H22FNO. The SMILES string of the molecule is COc1cc(CC2CCCN2)cc(F)c1C(C)C. The lowest BCUT2D eigenvalue weighted by Crippen LogP contribution is -2.23. The Bertz CT molecular complexity index is 411. The molecule has 1 heterocycles. The van der Waals surface area contributed by atoms with Crippen molar-refractivity contribution < 1.29 is 9.13 Å². The number of ether oxygens (including phenoxy) is 1. The first kappa shape index (κ1) is 13.3. The molecule has 1 atom stereocenters. The molecular weight excluding hydrogens is 229 g/mol. The van der Waals surface area contributed by atoms with E-state index in [0.29, 0.717) is 17.4 Å². The van der Waals surface area contributed by atoms with Crippen molar-refractivity contribution in [3.63, 3.8) is 0 Å². The first-order valence-electron chi connectivity index (χ1n) is 6.71. The minimum atomic E-state index is -0.141. The van der Waals surface area contributed by atoms with Crippen molar-refractivity contribution in [1.29, 1.82) is 0 Å². The molecule has 0 spiro atoms. The zero-order chi connectivity index (χ0) is 13.1. The average Bonchev–Trinajstić information content (AvgIpc) is 2.80. The topological polar surface area (TPSA) is 21.3 Å². The Morgan fingerprint density at radius 2 is 2.22 bits per heavy atom. The molecule has 1 aromatic carbocycles. The second kappa shape index (κ2) is 5.70. The summed E-state index contributed by atoms with van der Waals surface area (Å²) in [5.74, 6) is 0.675. The molecule has 3 heteroatoms. The van der Waals surface area contributed by atoms with Gasteiger partial charge in [-0.05, 0) is 49.4 Å². The van der Waals surface area contributed by atoms with E-state index in [9.17, 15) is 4.39 Å². The zero-order valence-corrected chi connectivity index (χ0v) is 11.4. The monoisotopic (exact) mass is 251 g/mol. The summed E-state index contributed by atoms with van der Waals surface area (Å²) >= 11 is 0. The summed E-state index contributed by atoms with van der Waals surface area (Å²) < 4.78 is 19.5. The maximum absolute atomic E-state index is 14.1. The lowest BCUT2D eigenvalue weighted by Gasteiger charge is -2.16. The highest BCUT2D eigenvalue weighted by Crippen LogP contribution is 2.31. The third-order valence-corrected chi connectivity index (χ3v) is 3.59. The minimum absolute atomic E-state index is 0.138. The highest BCUT2D eigenvalue weighted by Gasteiger charge is 2.18. The fourth-order valence-electron chi connectivity index (χ4n) is 2.71. The van der Waals surface area contributed by atoms with E-state index in [-0.39, 0.29) is 11.7 Å². The van der Waals surface area contributed by atoms with E-state index in [0.717, 1.165) is 18.5 Å². The van der Waals surface area contributed by atoms with Crippen LogP contribution < -0.4 is 10.1 Å². The Balaban J connectivity index is 2.24. The van der Waals surface area contributed by atoms with Crippen molar-refractivity contribution in [2.24, 2.45) is 0 Å². The first-order chi connectivity index (χ1) is 8.61. The first-order valence-corrected chi connectivity index (χ1v) is 6.71. The van der Waals surface area contributed by atoms with Crippen LogP contribution in [0.25, 0.3) is 0 Å². The number of benzene rings is 1. The molecule has 1 fully saturated rings. The summed E-state index contributed by atoms with van der Waals surface area (Å²) in [4.78, 5) is 0. The smallest absolute Gasteiger partial charge is 0.130 e. The number of hydrogen-bond acceptors (Lipinski definition) is 2. The highest BCUT2D eigenvalue weighted by atomic mass is 19.1. The van der Waals surface area contributed by atoms with Crippen molar-refractivity contribution in [3.8, 4) is 5.75 Å². The number of nitrogens with one attached hydrogen (secondary N) is 1. The predicted octanol–water partition coefficient (Wildman–Crippen LogP) is 3.25. The fraction of sp³-hybridized carbons (Fsp3) is 0.600. The third-order valence-electron chi connectivity index (χ3n) is 3.59. The lowest BCUT2D eigenvalue weighted by molar-refractivity contribution is 0.400. The second-order valence-corrected chi connectivity index (χ2v) is 5.35. The normalized spacial score (nSPS) is 19.5. The Morgan fingerprint density at radius 3 is 2.78 bits per heavy atom. The lowest BCUT2D eigenvalue weighted by atomic mass is 9.96. The van der Waals surface area contributed by atoms with E-state index in [1.165, 1.54) is 12.8 Å². The van der Waals surface area contributed by atoms with E-state index >= 15 is 0 Å². The van der Waals surface area contributed by atoms with Gasteiger partial charge in [0.15, 0.2) is 0 Å². The molecule has 0 bridgehead atoms. The van der Waals surface area contributed by atoms with Gasteiger partial charge in [-0.2, -0.15) is 0 Å². The molecule has 18 heavy (non-hydrogen) atoms. The maximum Gasteiger partial charge on any atom is 0.130 e. The summed E-state index contributed by atoms with van der Waals surface area (Å²) in [6, 6.07) is 4.13. The van der Waals surface area contributed by atoms with E-state index in [2.05, 4.69) is 5.32 Å². The van der Waals surface area contributed by atoms with Gasteiger partial charge in [0.05, 0.1) is 7.11 Å². The highest BCUT2D eigenvalue weighted by molar-refractivity contribution is 5.41. The summed E-state index contributed by atoms with van der Waals surface area (Å²) in [6.45, 7) is 5.05. The van der Waals surface area contributed by atoms with Crippen LogP contribution in [-0.4, -0.2) is 19.7 Å². The van der Waals surface area contributed by atoms with Crippen LogP contribution in [0.15, 0.2) is 12.1 Å². The molecule has 1 aliphatic heterocycles. The van der Waals surface area contributed by atoms with Crippen LogP contribution in [0.1, 0.15) is 43.7 Å². The van der Waals surface area contributed by atoms with Crippen LogP contribution in [-0.2, 0) is 6.42 Å². The van der Waals surface area contributed by atoms with Gasteiger partial charge in [0.2, 0.25) is 0 Å². The molecule has 0 aromatic heterocycles. The molecule has 1 N–H and O–H groups in total. The van der Waals surface area contributed by atoms with Crippen molar-refractivity contribution in [2.45, 2.75) is 45.1 Å². The van der Waals surface area contributed by atoms with Crippen molar-refractivity contribution in [3.05, 3.63) is 29.1 Å². The Morgan fingerprint density at radius 1 is 1.44 bits per heavy atom.